The molecule has 0 atom stereocenters. The second-order valence-electron chi connectivity index (χ2n) is 6.77. The first-order valence-corrected chi connectivity index (χ1v) is 10.7. The van der Waals surface area contributed by atoms with Crippen LogP contribution in [0, 0.1) is 0 Å². The number of anilines is 1. The number of aromatic nitrogens is 2. The molecule has 34 heavy (non-hydrogen) atoms. The van der Waals surface area contributed by atoms with Crippen molar-refractivity contribution in [3.63, 3.8) is 0 Å². The number of nitrogens with two attached hydrogens (primary N) is 1. The first kappa shape index (κ1) is 25.5. The smallest absolute Gasteiger partial charge is 0.492 e. The number of hydroxylamine groups is 1. The van der Waals surface area contributed by atoms with Crippen molar-refractivity contribution >= 4 is 45.1 Å². The van der Waals surface area contributed by atoms with Gasteiger partial charge in [0.2, 0.25) is 0 Å². The molecule has 0 bridgehead atoms. The number of halogens is 5. The van der Waals surface area contributed by atoms with Crippen LogP contribution in [-0.2, 0) is 16.7 Å². The average Bonchev–Trinajstić information content (AvgIpc) is 3.13. The van der Waals surface area contributed by atoms with Crippen LogP contribution in [0.1, 0.15) is 10.4 Å². The molecule has 2 N–H and O–H groups in total. The van der Waals surface area contributed by atoms with Crippen LogP contribution in [0.15, 0.2) is 53.1 Å². The Hall–Kier alpha value is -3.09. The number of hydrogen-bond donors (Lipinski definition) is 1. The summed E-state index contributed by atoms with van der Waals surface area (Å²) in [6.45, 7) is 0.324. The molecule has 3 aromatic rings. The third kappa shape index (κ3) is 5.69. The minimum Gasteiger partial charge on any atom is -0.492 e. The lowest BCUT2D eigenvalue weighted by Gasteiger charge is -2.23. The van der Waals surface area contributed by atoms with Crippen molar-refractivity contribution in [2.24, 2.45) is 12.8 Å². The Bertz CT molecular complexity index is 1180. The molecule has 1 amide bonds. The van der Waals surface area contributed by atoms with Gasteiger partial charge >= 0.3 is 12.1 Å². The van der Waals surface area contributed by atoms with Crippen molar-refractivity contribution in [1.82, 2.24) is 9.78 Å². The van der Waals surface area contributed by atoms with Crippen LogP contribution in [0.25, 0.3) is 11.3 Å². The largest absolute Gasteiger partial charge is 0.493 e. The van der Waals surface area contributed by atoms with Crippen LogP contribution in [-0.4, -0.2) is 41.0 Å². The zero-order valence-corrected chi connectivity index (χ0v) is 19.8. The molecule has 0 fully saturated rings. The van der Waals surface area contributed by atoms with E-state index in [1.54, 1.807) is 7.05 Å². The first-order chi connectivity index (χ1) is 16.0. The van der Waals surface area contributed by atoms with Gasteiger partial charge < -0.3 is 15.3 Å². The van der Waals surface area contributed by atoms with Crippen LogP contribution < -0.4 is 15.5 Å². The Morgan fingerprint density at radius 2 is 1.88 bits per heavy atom. The lowest BCUT2D eigenvalue weighted by Crippen LogP contribution is -2.38. The fourth-order valence-corrected chi connectivity index (χ4v) is 3.43. The molecule has 1 heterocycles. The van der Waals surface area contributed by atoms with Gasteiger partial charge in [0.15, 0.2) is 0 Å². The third-order valence-electron chi connectivity index (χ3n) is 4.40. The van der Waals surface area contributed by atoms with Gasteiger partial charge in [-0.2, -0.15) is 18.3 Å². The summed E-state index contributed by atoms with van der Waals surface area (Å²) in [5.41, 5.74) is 5.94. The molecule has 0 radical (unpaired) electrons. The fourth-order valence-electron chi connectivity index (χ4n) is 2.89. The Balaban J connectivity index is 2.14. The van der Waals surface area contributed by atoms with Gasteiger partial charge in [0.25, 0.3) is 5.91 Å². The van der Waals surface area contributed by atoms with Crippen molar-refractivity contribution < 1.29 is 32.3 Å². The van der Waals surface area contributed by atoms with Gasteiger partial charge in [-0.25, -0.2) is 4.79 Å². The van der Waals surface area contributed by atoms with Crippen LogP contribution >= 0.6 is 27.5 Å². The fraction of sp³-hybridized carbons (Fsp3) is 0.190. The van der Waals surface area contributed by atoms with Crippen LogP contribution in [0.3, 0.4) is 0 Å². The first-order valence-electron chi connectivity index (χ1n) is 9.57. The average molecular weight is 562 g/mol. The number of carbonyl (C=O) groups is 2. The number of amides is 1. The number of ether oxygens (including phenoxy) is 1. The quantitative estimate of drug-likeness (QED) is 0.445. The van der Waals surface area contributed by atoms with Gasteiger partial charge in [0.05, 0.1) is 22.6 Å². The maximum absolute atomic E-state index is 13.1. The molecular formula is C21H17BrClF3N4O4. The number of carbonyl (C=O) groups excluding carboxylic acids is 2. The van der Waals surface area contributed by atoms with E-state index in [9.17, 15) is 22.8 Å². The van der Waals surface area contributed by atoms with Gasteiger partial charge in [0.1, 0.15) is 12.4 Å². The predicted molar refractivity (Wildman–Crippen MR) is 121 cm³/mol. The SMILES string of the molecule is Cn1ncc(Cl)c1-c1cc(N(OC(=O)C(F)(F)F)C(=O)c2ccc(Br)cc2)ccc1OCCN. The summed E-state index contributed by atoms with van der Waals surface area (Å²) >= 11 is 9.47. The van der Waals surface area contributed by atoms with E-state index < -0.39 is 18.1 Å². The molecule has 13 heteroatoms. The molecular weight excluding hydrogens is 545 g/mol. The van der Waals surface area contributed by atoms with E-state index in [0.29, 0.717) is 10.2 Å². The molecule has 0 aliphatic heterocycles. The van der Waals surface area contributed by atoms with E-state index in [4.69, 9.17) is 22.1 Å². The van der Waals surface area contributed by atoms with Gasteiger partial charge in [-0.1, -0.05) is 27.5 Å². The lowest BCUT2D eigenvalue weighted by molar-refractivity contribution is -0.199. The zero-order chi connectivity index (χ0) is 25.0. The summed E-state index contributed by atoms with van der Waals surface area (Å²) in [7, 11) is 1.59. The molecule has 0 aliphatic rings. The van der Waals surface area contributed by atoms with Crippen molar-refractivity contribution in [1.29, 1.82) is 0 Å². The number of rotatable bonds is 6. The summed E-state index contributed by atoms with van der Waals surface area (Å²) in [4.78, 5) is 29.2. The zero-order valence-electron chi connectivity index (χ0n) is 17.5. The van der Waals surface area contributed by atoms with E-state index in [1.165, 1.54) is 53.3 Å². The number of nitrogens with zero attached hydrogens (tertiary/aromatic N) is 3. The molecule has 0 unspecified atom stereocenters. The normalized spacial score (nSPS) is 11.3. The van der Waals surface area contributed by atoms with E-state index in [0.717, 1.165) is 0 Å². The van der Waals surface area contributed by atoms with Crippen molar-refractivity contribution in [3.8, 4) is 17.0 Å². The molecule has 0 saturated carbocycles. The highest BCUT2D eigenvalue weighted by molar-refractivity contribution is 9.10. The molecule has 3 rings (SSSR count). The molecule has 1 aromatic heterocycles. The topological polar surface area (TPSA) is 99.7 Å². The molecule has 0 spiro atoms. The number of alkyl halides is 3. The molecule has 0 aliphatic carbocycles. The highest BCUT2D eigenvalue weighted by Gasteiger charge is 2.44. The van der Waals surface area contributed by atoms with Gasteiger partial charge in [-0.3, -0.25) is 9.48 Å². The Morgan fingerprint density at radius 3 is 2.44 bits per heavy atom. The minimum atomic E-state index is -5.34. The standard InChI is InChI=1S/C21H17BrClF3N4O4/c1-29-18(16(23)11-28-29)15-10-14(6-7-17(15)33-9-8-27)30(34-20(32)21(24,25)26)19(31)12-2-4-13(22)5-3-12/h2-7,10-11H,8-9,27H2,1H3. The second kappa shape index (κ2) is 10.5. The highest BCUT2D eigenvalue weighted by Crippen LogP contribution is 2.38. The van der Waals surface area contributed by atoms with E-state index >= 15 is 0 Å². The third-order valence-corrected chi connectivity index (χ3v) is 5.21. The van der Waals surface area contributed by atoms with Crippen LogP contribution in [0.4, 0.5) is 18.9 Å². The Labute approximate surface area is 205 Å². The summed E-state index contributed by atoms with van der Waals surface area (Å²) in [5.74, 6) is -3.30. The summed E-state index contributed by atoms with van der Waals surface area (Å²) in [5, 5.41) is 4.53. The van der Waals surface area contributed by atoms with E-state index in [1.807, 2.05) is 0 Å². The highest BCUT2D eigenvalue weighted by atomic mass is 79.9. The van der Waals surface area contributed by atoms with E-state index in [-0.39, 0.29) is 45.8 Å². The minimum absolute atomic E-state index is 0.0262. The second-order valence-corrected chi connectivity index (χ2v) is 8.09. The molecule has 2 aromatic carbocycles. The Kier molecular flexibility index (Phi) is 7.85. The molecule has 0 saturated heterocycles. The molecule has 8 nitrogen and oxygen atoms in total. The number of benzene rings is 2. The summed E-state index contributed by atoms with van der Waals surface area (Å²) in [6, 6.07) is 9.71. The number of aryl methyl sites for hydroxylation is 1. The predicted octanol–water partition coefficient (Wildman–Crippen LogP) is 4.51. The maximum Gasteiger partial charge on any atom is 0.493 e. The monoisotopic (exact) mass is 560 g/mol. The molecule has 180 valence electrons. The van der Waals surface area contributed by atoms with Gasteiger partial charge in [-0.05, 0) is 42.5 Å². The van der Waals surface area contributed by atoms with Crippen molar-refractivity contribution in [2.45, 2.75) is 6.18 Å². The lowest BCUT2D eigenvalue weighted by atomic mass is 10.1. The van der Waals surface area contributed by atoms with Crippen LogP contribution in [0.2, 0.25) is 5.02 Å². The van der Waals surface area contributed by atoms with Crippen molar-refractivity contribution in [3.05, 3.63) is 63.7 Å². The van der Waals surface area contributed by atoms with Gasteiger partial charge in [-0.15, -0.1) is 5.06 Å². The van der Waals surface area contributed by atoms with Gasteiger partial charge in [0, 0.05) is 29.2 Å². The summed E-state index contributed by atoms with van der Waals surface area (Å²) < 4.78 is 46.6. The Morgan fingerprint density at radius 1 is 1.21 bits per heavy atom. The number of hydrogen-bond acceptors (Lipinski definition) is 6. The van der Waals surface area contributed by atoms with Crippen LogP contribution in [0.5, 0.6) is 5.75 Å². The maximum atomic E-state index is 13.1. The van der Waals surface area contributed by atoms with E-state index in [2.05, 4.69) is 25.9 Å². The summed E-state index contributed by atoms with van der Waals surface area (Å²) in [6.07, 6.45) is -3.97. The van der Waals surface area contributed by atoms with Crippen molar-refractivity contribution in [2.75, 3.05) is 18.2 Å².